The van der Waals surface area contributed by atoms with Crippen molar-refractivity contribution in [3.8, 4) is 5.75 Å². The van der Waals surface area contributed by atoms with Gasteiger partial charge in [-0.25, -0.2) is 0 Å². The van der Waals surface area contributed by atoms with E-state index in [1.54, 1.807) is 7.11 Å². The lowest BCUT2D eigenvalue weighted by Crippen LogP contribution is -2.27. The maximum Gasteiger partial charge on any atom is 0.222 e. The minimum atomic E-state index is -0.783. The lowest BCUT2D eigenvalue weighted by Gasteiger charge is -2.11. The number of ether oxygens (including phenoxy) is 1. The molecule has 1 unspecified atom stereocenters. The molecule has 1 amide bonds. The first-order valence-corrected chi connectivity index (χ1v) is 8.31. The van der Waals surface area contributed by atoms with Crippen molar-refractivity contribution in [3.05, 3.63) is 65.9 Å². The normalized spacial score (nSPS) is 12.1. The average molecular weight is 338 g/mol. The van der Waals surface area contributed by atoms with Crippen LogP contribution in [0.2, 0.25) is 0 Å². The molecule has 130 valence electrons. The van der Waals surface area contributed by atoms with Gasteiger partial charge in [-0.05, 0) is 29.7 Å². The smallest absolute Gasteiger partial charge is 0.222 e. The zero-order valence-electron chi connectivity index (χ0n) is 14.2. The van der Waals surface area contributed by atoms with Crippen LogP contribution in [-0.4, -0.2) is 29.7 Å². The molecule has 5 nitrogen and oxygen atoms in total. The van der Waals surface area contributed by atoms with E-state index in [0.717, 1.165) is 27.8 Å². The lowest BCUT2D eigenvalue weighted by atomic mass is 10.1. The van der Waals surface area contributed by atoms with Crippen molar-refractivity contribution in [2.24, 2.45) is 0 Å². The molecule has 0 bridgehead atoms. The fraction of sp³-hybridized carbons (Fsp3) is 0.250. The molecule has 0 saturated heterocycles. The quantitative estimate of drug-likeness (QED) is 0.620. The number of aromatic amines is 1. The van der Waals surface area contributed by atoms with Crippen LogP contribution in [0.3, 0.4) is 0 Å². The summed E-state index contributed by atoms with van der Waals surface area (Å²) in [5.41, 5.74) is 2.86. The van der Waals surface area contributed by atoms with Gasteiger partial charge in [-0.3, -0.25) is 4.79 Å². The van der Waals surface area contributed by atoms with Crippen molar-refractivity contribution in [1.82, 2.24) is 10.3 Å². The Kier molecular flexibility index (Phi) is 5.36. The molecule has 0 spiro atoms. The molecule has 0 radical (unpaired) electrons. The molecule has 1 atom stereocenters. The fourth-order valence-corrected chi connectivity index (χ4v) is 2.96. The molecular weight excluding hydrogens is 316 g/mol. The number of H-pyrrole nitrogens is 1. The Morgan fingerprint density at radius 3 is 2.76 bits per heavy atom. The summed E-state index contributed by atoms with van der Waals surface area (Å²) >= 11 is 0. The topological polar surface area (TPSA) is 74.3 Å². The van der Waals surface area contributed by atoms with Crippen molar-refractivity contribution < 1.29 is 14.6 Å². The SMILES string of the molecule is COc1cccc2[nH]cc(CCNC(=O)CC(O)c3ccccc3)c12. The molecule has 1 aromatic heterocycles. The van der Waals surface area contributed by atoms with Gasteiger partial charge < -0.3 is 20.1 Å². The van der Waals surface area contributed by atoms with E-state index in [0.29, 0.717) is 13.0 Å². The maximum atomic E-state index is 12.0. The predicted molar refractivity (Wildman–Crippen MR) is 97.6 cm³/mol. The monoisotopic (exact) mass is 338 g/mol. The van der Waals surface area contributed by atoms with E-state index < -0.39 is 6.10 Å². The molecule has 0 aliphatic heterocycles. The van der Waals surface area contributed by atoms with Crippen LogP contribution in [0.1, 0.15) is 23.7 Å². The standard InChI is InChI=1S/C20H22N2O3/c1-25-18-9-5-8-16-20(18)15(13-22-16)10-11-21-19(24)12-17(23)14-6-3-2-4-7-14/h2-9,13,17,22-23H,10-12H2,1H3,(H,21,24). The number of hydrogen-bond acceptors (Lipinski definition) is 3. The summed E-state index contributed by atoms with van der Waals surface area (Å²) in [6.45, 7) is 0.505. The summed E-state index contributed by atoms with van der Waals surface area (Å²) in [4.78, 5) is 15.3. The highest BCUT2D eigenvalue weighted by Crippen LogP contribution is 2.28. The number of carbonyl (C=O) groups excluding carboxylic acids is 1. The first kappa shape index (κ1) is 17.0. The Bertz CT molecular complexity index is 843. The van der Waals surface area contributed by atoms with Gasteiger partial charge in [-0.1, -0.05) is 36.4 Å². The van der Waals surface area contributed by atoms with Crippen LogP contribution in [0.15, 0.2) is 54.7 Å². The molecular formula is C20H22N2O3. The largest absolute Gasteiger partial charge is 0.496 e. The summed E-state index contributed by atoms with van der Waals surface area (Å²) in [5, 5.41) is 14.0. The zero-order valence-corrected chi connectivity index (χ0v) is 14.2. The van der Waals surface area contributed by atoms with Gasteiger partial charge in [0.1, 0.15) is 5.75 Å². The number of carbonyl (C=O) groups is 1. The van der Waals surface area contributed by atoms with Crippen molar-refractivity contribution in [1.29, 1.82) is 0 Å². The summed E-state index contributed by atoms with van der Waals surface area (Å²) in [6, 6.07) is 15.1. The van der Waals surface area contributed by atoms with Crippen LogP contribution in [0.25, 0.3) is 10.9 Å². The first-order valence-electron chi connectivity index (χ1n) is 8.31. The number of aromatic nitrogens is 1. The van der Waals surface area contributed by atoms with Crippen LogP contribution in [0, 0.1) is 0 Å². The third-order valence-corrected chi connectivity index (χ3v) is 4.25. The molecule has 0 fully saturated rings. The average Bonchev–Trinajstić information content (AvgIpc) is 3.05. The number of aliphatic hydroxyl groups excluding tert-OH is 1. The number of amides is 1. The van der Waals surface area contributed by atoms with Gasteiger partial charge in [0.25, 0.3) is 0 Å². The summed E-state index contributed by atoms with van der Waals surface area (Å²) < 4.78 is 5.42. The van der Waals surface area contributed by atoms with E-state index in [1.807, 2.05) is 54.7 Å². The molecule has 0 saturated carbocycles. The van der Waals surface area contributed by atoms with E-state index in [9.17, 15) is 9.90 Å². The van der Waals surface area contributed by atoms with Gasteiger partial charge in [-0.15, -0.1) is 0 Å². The number of hydrogen-bond donors (Lipinski definition) is 3. The molecule has 2 aromatic carbocycles. The fourth-order valence-electron chi connectivity index (χ4n) is 2.96. The van der Waals surface area contributed by atoms with E-state index in [-0.39, 0.29) is 12.3 Å². The van der Waals surface area contributed by atoms with Crippen LogP contribution >= 0.6 is 0 Å². The Labute approximate surface area is 146 Å². The number of aliphatic hydroxyl groups is 1. The molecule has 0 aliphatic carbocycles. The molecule has 0 aliphatic rings. The molecule has 25 heavy (non-hydrogen) atoms. The number of benzene rings is 2. The van der Waals surface area contributed by atoms with Crippen LogP contribution in [-0.2, 0) is 11.2 Å². The van der Waals surface area contributed by atoms with Gasteiger partial charge in [0.15, 0.2) is 0 Å². The van der Waals surface area contributed by atoms with E-state index in [2.05, 4.69) is 10.3 Å². The van der Waals surface area contributed by atoms with Crippen LogP contribution < -0.4 is 10.1 Å². The van der Waals surface area contributed by atoms with Crippen LogP contribution in [0.5, 0.6) is 5.75 Å². The highest BCUT2D eigenvalue weighted by Gasteiger charge is 2.13. The Balaban J connectivity index is 1.55. The van der Waals surface area contributed by atoms with E-state index >= 15 is 0 Å². The molecule has 5 heteroatoms. The second-order valence-electron chi connectivity index (χ2n) is 5.93. The number of nitrogens with one attached hydrogen (secondary N) is 2. The Hall–Kier alpha value is -2.79. The van der Waals surface area contributed by atoms with Gasteiger partial charge in [0, 0.05) is 23.6 Å². The van der Waals surface area contributed by atoms with Crippen molar-refractivity contribution in [3.63, 3.8) is 0 Å². The number of methoxy groups -OCH3 is 1. The van der Waals surface area contributed by atoms with Gasteiger partial charge in [0.05, 0.1) is 19.6 Å². The van der Waals surface area contributed by atoms with Gasteiger partial charge in [-0.2, -0.15) is 0 Å². The number of rotatable bonds is 7. The van der Waals surface area contributed by atoms with E-state index in [1.165, 1.54) is 0 Å². The van der Waals surface area contributed by atoms with Crippen LogP contribution in [0.4, 0.5) is 0 Å². The minimum absolute atomic E-state index is 0.0568. The maximum absolute atomic E-state index is 12.0. The summed E-state index contributed by atoms with van der Waals surface area (Å²) in [5.74, 6) is 0.655. The van der Waals surface area contributed by atoms with Crippen molar-refractivity contribution >= 4 is 16.8 Å². The number of fused-ring (bicyclic) bond motifs is 1. The highest BCUT2D eigenvalue weighted by atomic mass is 16.5. The second kappa shape index (κ2) is 7.85. The van der Waals surface area contributed by atoms with Gasteiger partial charge >= 0.3 is 0 Å². The molecule has 3 rings (SSSR count). The predicted octanol–water partition coefficient (Wildman–Crippen LogP) is 2.96. The highest BCUT2D eigenvalue weighted by molar-refractivity contribution is 5.89. The third kappa shape index (κ3) is 4.00. The molecule has 3 N–H and O–H groups in total. The second-order valence-corrected chi connectivity index (χ2v) is 5.93. The summed E-state index contributed by atoms with van der Waals surface area (Å²) in [6.07, 6.45) is 1.90. The van der Waals surface area contributed by atoms with Gasteiger partial charge in [0.2, 0.25) is 5.91 Å². The zero-order chi connectivity index (χ0) is 17.6. The van der Waals surface area contributed by atoms with Crippen molar-refractivity contribution in [2.45, 2.75) is 18.9 Å². The first-order chi connectivity index (χ1) is 12.2. The lowest BCUT2D eigenvalue weighted by molar-refractivity contribution is -0.123. The molecule has 3 aromatic rings. The van der Waals surface area contributed by atoms with Crippen molar-refractivity contribution in [2.75, 3.05) is 13.7 Å². The molecule has 1 heterocycles. The summed E-state index contributed by atoms with van der Waals surface area (Å²) in [7, 11) is 1.65. The Morgan fingerprint density at radius 1 is 1.20 bits per heavy atom. The minimum Gasteiger partial charge on any atom is -0.496 e. The van der Waals surface area contributed by atoms with E-state index in [4.69, 9.17) is 4.74 Å². The Morgan fingerprint density at radius 2 is 2.00 bits per heavy atom. The third-order valence-electron chi connectivity index (χ3n) is 4.25.